The minimum absolute atomic E-state index is 0.0576. The van der Waals surface area contributed by atoms with Crippen molar-refractivity contribution in [1.82, 2.24) is 4.98 Å². The second kappa shape index (κ2) is 7.61. The lowest BCUT2D eigenvalue weighted by molar-refractivity contribution is 0.302. The van der Waals surface area contributed by atoms with Gasteiger partial charge in [0, 0.05) is 24.4 Å². The Balaban J connectivity index is 1.98. The Kier molecular flexibility index (Phi) is 5.82. The first kappa shape index (κ1) is 16.0. The Bertz CT molecular complexity index is 607. The second-order valence-corrected chi connectivity index (χ2v) is 5.73. The number of rotatable bonds is 6. The van der Waals surface area contributed by atoms with Crippen LogP contribution in [-0.4, -0.2) is 11.5 Å². The van der Waals surface area contributed by atoms with Crippen molar-refractivity contribution in [3.05, 3.63) is 51.3 Å². The minimum atomic E-state index is -0.507. The Morgan fingerprint density at radius 2 is 2.19 bits per heavy atom. The predicted molar refractivity (Wildman–Crippen MR) is 86.5 cm³/mol. The number of nitrogens with one attached hydrogen (secondary N) is 1. The molecular weight excluding hydrogens is 359 g/mol. The van der Waals surface area contributed by atoms with E-state index in [-0.39, 0.29) is 5.02 Å². The molecule has 0 aliphatic heterocycles. The molecule has 112 valence electrons. The van der Waals surface area contributed by atoms with Crippen LogP contribution in [0, 0.1) is 5.82 Å². The van der Waals surface area contributed by atoms with Crippen LogP contribution in [0.1, 0.15) is 18.9 Å². The van der Waals surface area contributed by atoms with E-state index in [9.17, 15) is 4.39 Å². The number of anilines is 1. The Morgan fingerprint density at radius 1 is 1.38 bits per heavy atom. The molecule has 0 fully saturated rings. The van der Waals surface area contributed by atoms with Crippen molar-refractivity contribution in [2.45, 2.75) is 20.0 Å². The van der Waals surface area contributed by atoms with Crippen LogP contribution >= 0.6 is 27.5 Å². The molecule has 1 aromatic heterocycles. The van der Waals surface area contributed by atoms with Crippen LogP contribution in [0.2, 0.25) is 5.02 Å². The van der Waals surface area contributed by atoms with Gasteiger partial charge in [0.05, 0.1) is 9.50 Å². The van der Waals surface area contributed by atoms with E-state index in [1.807, 2.05) is 12.1 Å². The van der Waals surface area contributed by atoms with Crippen LogP contribution in [-0.2, 0) is 6.61 Å². The fourth-order valence-electron chi connectivity index (χ4n) is 1.64. The number of halogens is 3. The van der Waals surface area contributed by atoms with E-state index in [4.69, 9.17) is 16.3 Å². The van der Waals surface area contributed by atoms with Crippen LogP contribution in [0.4, 0.5) is 10.2 Å². The van der Waals surface area contributed by atoms with Crippen molar-refractivity contribution < 1.29 is 9.13 Å². The average Bonchev–Trinajstić information content (AvgIpc) is 2.48. The van der Waals surface area contributed by atoms with Gasteiger partial charge in [0.1, 0.15) is 24.0 Å². The van der Waals surface area contributed by atoms with Crippen molar-refractivity contribution in [2.75, 3.05) is 11.9 Å². The highest BCUT2D eigenvalue weighted by Crippen LogP contribution is 2.31. The molecule has 6 heteroatoms. The summed E-state index contributed by atoms with van der Waals surface area (Å²) in [6.45, 7) is 3.29. The Morgan fingerprint density at radius 3 is 2.86 bits per heavy atom. The fraction of sp³-hybridized carbons (Fsp3) is 0.267. The minimum Gasteiger partial charge on any atom is -0.488 e. The lowest BCUT2D eigenvalue weighted by atomic mass is 10.3. The van der Waals surface area contributed by atoms with Gasteiger partial charge in [0.15, 0.2) is 0 Å². The van der Waals surface area contributed by atoms with Gasteiger partial charge in [-0.3, -0.25) is 0 Å². The van der Waals surface area contributed by atoms with Gasteiger partial charge < -0.3 is 10.1 Å². The Labute approximate surface area is 136 Å². The SMILES string of the molecule is CCCNc1ccc(COc2cc(F)c(Cl)cc2Br)cn1. The van der Waals surface area contributed by atoms with E-state index >= 15 is 0 Å². The molecule has 0 atom stereocenters. The smallest absolute Gasteiger partial charge is 0.145 e. The van der Waals surface area contributed by atoms with E-state index in [0.29, 0.717) is 16.8 Å². The largest absolute Gasteiger partial charge is 0.488 e. The van der Waals surface area contributed by atoms with Crippen LogP contribution < -0.4 is 10.1 Å². The summed E-state index contributed by atoms with van der Waals surface area (Å²) in [5.41, 5.74) is 0.902. The number of pyridine rings is 1. The van der Waals surface area contributed by atoms with Crippen molar-refractivity contribution in [1.29, 1.82) is 0 Å². The molecule has 0 bridgehead atoms. The highest BCUT2D eigenvalue weighted by Gasteiger charge is 2.08. The second-order valence-electron chi connectivity index (χ2n) is 4.46. The van der Waals surface area contributed by atoms with Crippen molar-refractivity contribution in [2.24, 2.45) is 0 Å². The standard InChI is InChI=1S/C15H15BrClFN2O/c1-2-5-19-15-4-3-10(8-20-15)9-21-14-7-13(18)12(17)6-11(14)16/h3-4,6-8H,2,5,9H2,1H3,(H,19,20). The lowest BCUT2D eigenvalue weighted by Crippen LogP contribution is -2.03. The van der Waals surface area contributed by atoms with Gasteiger partial charge >= 0.3 is 0 Å². The summed E-state index contributed by atoms with van der Waals surface area (Å²) in [6, 6.07) is 6.55. The number of hydrogen-bond acceptors (Lipinski definition) is 3. The summed E-state index contributed by atoms with van der Waals surface area (Å²) < 4.78 is 19.6. The number of aromatic nitrogens is 1. The van der Waals surface area contributed by atoms with Gasteiger partial charge in [-0.05, 0) is 34.5 Å². The van der Waals surface area contributed by atoms with Crippen molar-refractivity contribution >= 4 is 33.3 Å². The summed E-state index contributed by atoms with van der Waals surface area (Å²) in [5.74, 6) is 0.733. The lowest BCUT2D eigenvalue weighted by Gasteiger charge is -2.10. The molecule has 3 nitrogen and oxygen atoms in total. The summed E-state index contributed by atoms with van der Waals surface area (Å²) >= 11 is 8.98. The average molecular weight is 374 g/mol. The molecule has 0 aliphatic carbocycles. The van der Waals surface area contributed by atoms with E-state index in [1.165, 1.54) is 12.1 Å². The van der Waals surface area contributed by atoms with E-state index < -0.39 is 5.82 Å². The van der Waals surface area contributed by atoms with Crippen molar-refractivity contribution in [3.8, 4) is 5.75 Å². The van der Waals surface area contributed by atoms with Crippen LogP contribution in [0.15, 0.2) is 34.9 Å². The molecule has 0 aliphatic rings. The molecule has 2 rings (SSSR count). The third-order valence-corrected chi connectivity index (χ3v) is 3.66. The zero-order chi connectivity index (χ0) is 15.2. The molecule has 0 amide bonds. The molecule has 0 radical (unpaired) electrons. The van der Waals surface area contributed by atoms with Gasteiger partial charge in [0.25, 0.3) is 0 Å². The molecular formula is C15H15BrClFN2O. The van der Waals surface area contributed by atoms with Gasteiger partial charge in [-0.25, -0.2) is 9.37 Å². The molecule has 0 saturated heterocycles. The zero-order valence-electron chi connectivity index (χ0n) is 11.5. The molecule has 1 aromatic carbocycles. The van der Waals surface area contributed by atoms with Crippen molar-refractivity contribution in [3.63, 3.8) is 0 Å². The van der Waals surface area contributed by atoms with E-state index in [1.54, 1.807) is 6.20 Å². The van der Waals surface area contributed by atoms with Crippen LogP contribution in [0.3, 0.4) is 0 Å². The number of hydrogen-bond donors (Lipinski definition) is 1. The first-order valence-electron chi connectivity index (χ1n) is 6.56. The van der Waals surface area contributed by atoms with E-state index in [0.717, 1.165) is 24.3 Å². The van der Waals surface area contributed by atoms with E-state index in [2.05, 4.69) is 33.2 Å². The molecule has 21 heavy (non-hydrogen) atoms. The summed E-state index contributed by atoms with van der Waals surface area (Å²) in [7, 11) is 0. The maximum absolute atomic E-state index is 13.4. The topological polar surface area (TPSA) is 34.1 Å². The number of benzene rings is 1. The molecule has 1 heterocycles. The third-order valence-electron chi connectivity index (χ3n) is 2.75. The quantitative estimate of drug-likeness (QED) is 0.721. The highest BCUT2D eigenvalue weighted by atomic mass is 79.9. The predicted octanol–water partition coefficient (Wildman–Crippen LogP) is 5.04. The van der Waals surface area contributed by atoms with Gasteiger partial charge in [-0.1, -0.05) is 24.6 Å². The molecule has 0 saturated carbocycles. The maximum Gasteiger partial charge on any atom is 0.145 e. The highest BCUT2D eigenvalue weighted by molar-refractivity contribution is 9.10. The van der Waals surface area contributed by atoms with Gasteiger partial charge in [-0.15, -0.1) is 0 Å². The number of ether oxygens (including phenoxy) is 1. The molecule has 1 N–H and O–H groups in total. The number of nitrogens with zero attached hydrogens (tertiary/aromatic N) is 1. The zero-order valence-corrected chi connectivity index (χ0v) is 13.8. The van der Waals surface area contributed by atoms with Crippen LogP contribution in [0.25, 0.3) is 0 Å². The molecule has 0 spiro atoms. The molecule has 2 aromatic rings. The first-order chi connectivity index (χ1) is 10.1. The maximum atomic E-state index is 13.4. The normalized spacial score (nSPS) is 10.5. The summed E-state index contributed by atoms with van der Waals surface area (Å²) in [6.07, 6.45) is 2.78. The van der Waals surface area contributed by atoms with Gasteiger partial charge in [0.2, 0.25) is 0 Å². The summed E-state index contributed by atoms with van der Waals surface area (Å²) in [4.78, 5) is 4.28. The monoisotopic (exact) mass is 372 g/mol. The van der Waals surface area contributed by atoms with Gasteiger partial charge in [-0.2, -0.15) is 0 Å². The Hall–Kier alpha value is -1.33. The first-order valence-corrected chi connectivity index (χ1v) is 7.73. The summed E-state index contributed by atoms with van der Waals surface area (Å²) in [5, 5.41) is 3.25. The fourth-order valence-corrected chi connectivity index (χ4v) is 2.40. The third kappa shape index (κ3) is 4.58. The van der Waals surface area contributed by atoms with Crippen LogP contribution in [0.5, 0.6) is 5.75 Å². The molecule has 0 unspecified atom stereocenters.